The molecule has 1 saturated carbocycles. The summed E-state index contributed by atoms with van der Waals surface area (Å²) in [6.07, 6.45) is 14.2. The van der Waals surface area contributed by atoms with Crippen LogP contribution in [0.2, 0.25) is 0 Å². The van der Waals surface area contributed by atoms with E-state index in [0.717, 1.165) is 31.6 Å². The number of ether oxygens (including phenoxy) is 2. The van der Waals surface area contributed by atoms with Crippen molar-refractivity contribution in [3.05, 3.63) is 34.4 Å². The number of halogens is 1. The van der Waals surface area contributed by atoms with Crippen LogP contribution < -0.4 is 15.1 Å². The minimum atomic E-state index is -0.716. The van der Waals surface area contributed by atoms with Gasteiger partial charge in [-0.15, -0.1) is 0 Å². The van der Waals surface area contributed by atoms with E-state index in [-0.39, 0.29) is 17.1 Å². The zero-order valence-electron chi connectivity index (χ0n) is 19.8. The SMILES string of the molecule is CCCCCCCCOc1ccc2cc(OCC3CCC(CCC)CC3)oc(=O)c2c1F. The Labute approximate surface area is 191 Å². The molecule has 0 unspecified atom stereocenters. The summed E-state index contributed by atoms with van der Waals surface area (Å²) in [4.78, 5) is 12.5. The van der Waals surface area contributed by atoms with Crippen molar-refractivity contribution in [2.24, 2.45) is 11.8 Å². The largest absolute Gasteiger partial charge is 0.490 e. The number of benzene rings is 1. The molecule has 178 valence electrons. The van der Waals surface area contributed by atoms with Crippen LogP contribution in [0.25, 0.3) is 10.8 Å². The maximum Gasteiger partial charge on any atom is 0.349 e. The summed E-state index contributed by atoms with van der Waals surface area (Å²) in [7, 11) is 0. The Balaban J connectivity index is 1.54. The molecule has 3 rings (SSSR count). The van der Waals surface area contributed by atoms with E-state index in [1.807, 2.05) is 0 Å². The molecule has 0 aliphatic heterocycles. The van der Waals surface area contributed by atoms with Crippen molar-refractivity contribution in [3.8, 4) is 11.7 Å². The van der Waals surface area contributed by atoms with Crippen molar-refractivity contribution in [2.75, 3.05) is 13.2 Å². The van der Waals surface area contributed by atoms with Gasteiger partial charge < -0.3 is 13.9 Å². The summed E-state index contributed by atoms with van der Waals surface area (Å²) in [5.41, 5.74) is -0.716. The molecule has 0 saturated heterocycles. The van der Waals surface area contributed by atoms with Gasteiger partial charge in [-0.3, -0.25) is 0 Å². The Morgan fingerprint density at radius 2 is 1.66 bits per heavy atom. The average molecular weight is 447 g/mol. The zero-order valence-corrected chi connectivity index (χ0v) is 19.8. The first-order valence-corrected chi connectivity index (χ1v) is 12.6. The lowest BCUT2D eigenvalue weighted by Gasteiger charge is -2.27. The summed E-state index contributed by atoms with van der Waals surface area (Å²) in [6.45, 7) is 5.41. The van der Waals surface area contributed by atoms with E-state index >= 15 is 0 Å². The highest BCUT2D eigenvalue weighted by Crippen LogP contribution is 2.32. The van der Waals surface area contributed by atoms with Gasteiger partial charge in [-0.2, -0.15) is 0 Å². The van der Waals surface area contributed by atoms with Gasteiger partial charge in [-0.05, 0) is 48.6 Å². The molecular weight excluding hydrogens is 407 g/mol. The second-order valence-electron chi connectivity index (χ2n) is 9.30. The van der Waals surface area contributed by atoms with E-state index in [1.54, 1.807) is 18.2 Å². The summed E-state index contributed by atoms with van der Waals surface area (Å²) in [5, 5.41) is 0.408. The second kappa shape index (κ2) is 12.9. The minimum absolute atomic E-state index is 0.0714. The quantitative estimate of drug-likeness (QED) is 0.296. The lowest BCUT2D eigenvalue weighted by atomic mass is 9.80. The summed E-state index contributed by atoms with van der Waals surface area (Å²) >= 11 is 0. The fourth-order valence-electron chi connectivity index (χ4n) is 4.74. The maximum absolute atomic E-state index is 14.9. The van der Waals surface area contributed by atoms with Gasteiger partial charge in [0.05, 0.1) is 13.2 Å². The molecule has 0 atom stereocenters. The predicted molar refractivity (Wildman–Crippen MR) is 127 cm³/mol. The summed E-state index contributed by atoms with van der Waals surface area (Å²) in [6, 6.07) is 4.90. The number of hydrogen-bond acceptors (Lipinski definition) is 4. The van der Waals surface area contributed by atoms with Gasteiger partial charge in [0, 0.05) is 6.07 Å². The van der Waals surface area contributed by atoms with Crippen molar-refractivity contribution in [3.63, 3.8) is 0 Å². The second-order valence-corrected chi connectivity index (χ2v) is 9.30. The van der Waals surface area contributed by atoms with Gasteiger partial charge in [0.1, 0.15) is 5.39 Å². The molecule has 1 aromatic heterocycles. The van der Waals surface area contributed by atoms with E-state index in [0.29, 0.717) is 24.5 Å². The first-order valence-electron chi connectivity index (χ1n) is 12.6. The van der Waals surface area contributed by atoms with Crippen LogP contribution in [-0.2, 0) is 0 Å². The normalized spacial score (nSPS) is 18.7. The monoisotopic (exact) mass is 446 g/mol. The molecule has 1 aliphatic carbocycles. The van der Waals surface area contributed by atoms with Gasteiger partial charge in [-0.1, -0.05) is 71.6 Å². The van der Waals surface area contributed by atoms with Gasteiger partial charge in [-0.25, -0.2) is 9.18 Å². The molecule has 1 fully saturated rings. The predicted octanol–water partition coefficient (Wildman–Crippen LogP) is 7.66. The molecule has 2 aromatic rings. The fraction of sp³-hybridized carbons (Fsp3) is 0.667. The lowest BCUT2D eigenvalue weighted by Crippen LogP contribution is -2.20. The Morgan fingerprint density at radius 1 is 0.938 bits per heavy atom. The molecular formula is C27H39FO4. The van der Waals surface area contributed by atoms with Crippen molar-refractivity contribution in [1.29, 1.82) is 0 Å². The van der Waals surface area contributed by atoms with Crippen LogP contribution >= 0.6 is 0 Å². The van der Waals surface area contributed by atoms with Crippen molar-refractivity contribution >= 4 is 10.8 Å². The molecule has 1 aliphatic rings. The van der Waals surface area contributed by atoms with Crippen LogP contribution in [0.4, 0.5) is 4.39 Å². The summed E-state index contributed by atoms with van der Waals surface area (Å²) < 4.78 is 31.6. The lowest BCUT2D eigenvalue weighted by molar-refractivity contribution is 0.149. The van der Waals surface area contributed by atoms with Crippen LogP contribution in [0.3, 0.4) is 0 Å². The van der Waals surface area contributed by atoms with Crippen molar-refractivity contribution in [2.45, 2.75) is 90.9 Å². The van der Waals surface area contributed by atoms with Gasteiger partial charge in [0.2, 0.25) is 0 Å². The highest BCUT2D eigenvalue weighted by atomic mass is 19.1. The molecule has 32 heavy (non-hydrogen) atoms. The van der Waals surface area contributed by atoms with Crippen LogP contribution in [0.15, 0.2) is 27.4 Å². The highest BCUT2D eigenvalue weighted by molar-refractivity contribution is 5.84. The van der Waals surface area contributed by atoms with Crippen molar-refractivity contribution in [1.82, 2.24) is 0 Å². The Kier molecular flexibility index (Phi) is 9.89. The Bertz CT molecular complexity index is 883. The number of fused-ring (bicyclic) bond motifs is 1. The smallest absolute Gasteiger partial charge is 0.349 e. The first kappa shape index (κ1) is 24.6. The topological polar surface area (TPSA) is 48.7 Å². The standard InChI is InChI=1S/C27H39FO4/c1-3-5-6-7-8-9-17-30-23-16-15-22-18-24(32-27(29)25(22)26(23)28)31-19-21-13-11-20(10-4-2)12-14-21/h15-16,18,20-21H,3-14,17,19H2,1-2H3. The fourth-order valence-corrected chi connectivity index (χ4v) is 4.74. The molecule has 0 spiro atoms. The first-order chi connectivity index (χ1) is 15.6. The van der Waals surface area contributed by atoms with E-state index in [1.165, 1.54) is 51.4 Å². The third-order valence-corrected chi connectivity index (χ3v) is 6.69. The van der Waals surface area contributed by atoms with E-state index in [4.69, 9.17) is 13.9 Å². The summed E-state index contributed by atoms with van der Waals surface area (Å²) in [5.74, 6) is 0.950. The molecule has 1 heterocycles. The third kappa shape index (κ3) is 6.98. The Hall–Kier alpha value is -2.04. The maximum atomic E-state index is 14.9. The zero-order chi connectivity index (χ0) is 22.8. The molecule has 0 N–H and O–H groups in total. The van der Waals surface area contributed by atoms with Crippen LogP contribution in [-0.4, -0.2) is 13.2 Å². The Morgan fingerprint density at radius 3 is 2.41 bits per heavy atom. The van der Waals surface area contributed by atoms with Crippen LogP contribution in [0, 0.1) is 17.7 Å². The number of hydrogen-bond donors (Lipinski definition) is 0. The molecule has 0 bridgehead atoms. The van der Waals surface area contributed by atoms with Crippen LogP contribution in [0.5, 0.6) is 11.7 Å². The van der Waals surface area contributed by atoms with Crippen molar-refractivity contribution < 1.29 is 18.3 Å². The van der Waals surface area contributed by atoms with Gasteiger partial charge in [0.15, 0.2) is 11.6 Å². The number of rotatable bonds is 13. The minimum Gasteiger partial charge on any atom is -0.490 e. The highest BCUT2D eigenvalue weighted by Gasteiger charge is 2.22. The molecule has 0 radical (unpaired) electrons. The molecule has 4 nitrogen and oxygen atoms in total. The van der Waals surface area contributed by atoms with Crippen LogP contribution in [0.1, 0.15) is 90.9 Å². The molecule has 1 aromatic carbocycles. The molecule has 0 amide bonds. The van der Waals surface area contributed by atoms with E-state index in [2.05, 4.69) is 13.8 Å². The van der Waals surface area contributed by atoms with E-state index < -0.39 is 11.4 Å². The van der Waals surface area contributed by atoms with Gasteiger partial charge in [0.25, 0.3) is 5.95 Å². The number of unbranched alkanes of at least 4 members (excludes halogenated alkanes) is 5. The molecule has 5 heteroatoms. The van der Waals surface area contributed by atoms with E-state index in [9.17, 15) is 9.18 Å². The average Bonchev–Trinajstić information content (AvgIpc) is 2.79. The van der Waals surface area contributed by atoms with Gasteiger partial charge >= 0.3 is 5.63 Å². The third-order valence-electron chi connectivity index (χ3n) is 6.69.